The molecule has 0 radical (unpaired) electrons. The molecule has 1 fully saturated rings. The van der Waals surface area contributed by atoms with Crippen LogP contribution in [0.4, 0.5) is 0 Å². The second kappa shape index (κ2) is 4.71. The number of piperidine rings is 1. The quantitative estimate of drug-likeness (QED) is 0.777. The Morgan fingerprint density at radius 1 is 1.47 bits per heavy atom. The molecule has 0 atom stereocenters. The van der Waals surface area contributed by atoms with Gasteiger partial charge in [-0.1, -0.05) is 5.21 Å². The molecule has 1 saturated heterocycles. The van der Waals surface area contributed by atoms with Gasteiger partial charge in [0.25, 0.3) is 0 Å². The minimum absolute atomic E-state index is 0.223. The summed E-state index contributed by atoms with van der Waals surface area (Å²) in [6.45, 7) is 1.46. The van der Waals surface area contributed by atoms with Crippen molar-refractivity contribution in [1.82, 2.24) is 19.3 Å². The summed E-state index contributed by atoms with van der Waals surface area (Å²) in [4.78, 5) is 0. The summed E-state index contributed by atoms with van der Waals surface area (Å²) in [5.41, 5.74) is 6.23. The lowest BCUT2D eigenvalue weighted by molar-refractivity contribution is 0.259. The van der Waals surface area contributed by atoms with E-state index in [0.29, 0.717) is 19.6 Å². The van der Waals surface area contributed by atoms with E-state index in [-0.39, 0.29) is 6.04 Å². The van der Waals surface area contributed by atoms with E-state index in [1.165, 1.54) is 10.6 Å². The Kier molecular flexibility index (Phi) is 3.45. The summed E-state index contributed by atoms with van der Waals surface area (Å²) in [7, 11) is -3.06. The fraction of sp³-hybridized carbons (Fsp3) is 0.778. The Morgan fingerprint density at radius 2 is 2.12 bits per heavy atom. The number of nitrogens with two attached hydrogens (primary N) is 1. The van der Waals surface area contributed by atoms with E-state index in [9.17, 15) is 8.42 Å². The standard InChI is InChI=1S/C9H17N5O2S/c1-17(15,16)13-4-2-9(3-5-13)14-7-8(6-10)11-12-14/h7,9H,2-6,10H2,1H3. The molecule has 0 spiro atoms. The van der Waals surface area contributed by atoms with Crippen LogP contribution in [0.3, 0.4) is 0 Å². The molecule has 8 heteroatoms. The highest BCUT2D eigenvalue weighted by atomic mass is 32.2. The van der Waals surface area contributed by atoms with Gasteiger partial charge in [-0.25, -0.2) is 17.4 Å². The molecule has 0 aliphatic carbocycles. The molecule has 0 amide bonds. The number of nitrogens with zero attached hydrogens (tertiary/aromatic N) is 4. The van der Waals surface area contributed by atoms with Gasteiger partial charge in [0.15, 0.2) is 0 Å². The lowest BCUT2D eigenvalue weighted by atomic mass is 10.1. The topological polar surface area (TPSA) is 94.1 Å². The monoisotopic (exact) mass is 259 g/mol. The third-order valence-corrected chi connectivity index (χ3v) is 4.34. The summed E-state index contributed by atoms with van der Waals surface area (Å²) in [6.07, 6.45) is 4.61. The van der Waals surface area contributed by atoms with Crippen LogP contribution < -0.4 is 5.73 Å². The fourth-order valence-corrected chi connectivity index (χ4v) is 2.90. The van der Waals surface area contributed by atoms with Crippen LogP contribution in [-0.4, -0.2) is 47.1 Å². The molecule has 96 valence electrons. The Hall–Kier alpha value is -0.990. The molecule has 1 aliphatic heterocycles. The van der Waals surface area contributed by atoms with Gasteiger partial charge in [-0.05, 0) is 12.8 Å². The van der Waals surface area contributed by atoms with Crippen LogP contribution in [-0.2, 0) is 16.6 Å². The van der Waals surface area contributed by atoms with Crippen LogP contribution in [0.25, 0.3) is 0 Å². The van der Waals surface area contributed by atoms with Crippen LogP contribution in [0.5, 0.6) is 0 Å². The first-order valence-electron chi connectivity index (χ1n) is 5.56. The van der Waals surface area contributed by atoms with Crippen molar-refractivity contribution in [3.63, 3.8) is 0 Å². The van der Waals surface area contributed by atoms with Crippen LogP contribution in [0.15, 0.2) is 6.20 Å². The molecular formula is C9H17N5O2S. The minimum Gasteiger partial charge on any atom is -0.325 e. The first-order chi connectivity index (χ1) is 8.00. The second-order valence-electron chi connectivity index (χ2n) is 4.29. The molecule has 0 bridgehead atoms. The third kappa shape index (κ3) is 2.82. The highest BCUT2D eigenvalue weighted by Crippen LogP contribution is 2.22. The Labute approximate surface area is 101 Å². The molecule has 0 saturated carbocycles. The van der Waals surface area contributed by atoms with Crippen molar-refractivity contribution in [2.24, 2.45) is 5.73 Å². The molecule has 7 nitrogen and oxygen atoms in total. The van der Waals surface area contributed by atoms with E-state index in [2.05, 4.69) is 10.3 Å². The van der Waals surface area contributed by atoms with Crippen molar-refractivity contribution in [3.8, 4) is 0 Å². The summed E-state index contributed by atoms with van der Waals surface area (Å²) in [6, 6.07) is 0.223. The van der Waals surface area contributed by atoms with E-state index in [4.69, 9.17) is 5.73 Å². The van der Waals surface area contributed by atoms with E-state index in [1.807, 2.05) is 6.20 Å². The number of hydrogen-bond donors (Lipinski definition) is 1. The number of rotatable bonds is 3. The summed E-state index contributed by atoms with van der Waals surface area (Å²) in [5.74, 6) is 0. The molecule has 2 N–H and O–H groups in total. The van der Waals surface area contributed by atoms with Crippen LogP contribution >= 0.6 is 0 Å². The lowest BCUT2D eigenvalue weighted by Crippen LogP contribution is -2.38. The molecule has 1 aromatic heterocycles. The van der Waals surface area contributed by atoms with Crippen molar-refractivity contribution >= 4 is 10.0 Å². The SMILES string of the molecule is CS(=O)(=O)N1CCC(n2cc(CN)nn2)CC1. The van der Waals surface area contributed by atoms with E-state index in [1.54, 1.807) is 4.68 Å². The maximum atomic E-state index is 11.4. The van der Waals surface area contributed by atoms with E-state index < -0.39 is 10.0 Å². The van der Waals surface area contributed by atoms with Gasteiger partial charge >= 0.3 is 0 Å². The van der Waals surface area contributed by atoms with Crippen LogP contribution in [0.1, 0.15) is 24.6 Å². The van der Waals surface area contributed by atoms with Crippen LogP contribution in [0.2, 0.25) is 0 Å². The average Bonchev–Trinajstić information content (AvgIpc) is 2.76. The van der Waals surface area contributed by atoms with Gasteiger partial charge in [0.2, 0.25) is 10.0 Å². The smallest absolute Gasteiger partial charge is 0.211 e. The Bertz CT molecular complexity index is 475. The first-order valence-corrected chi connectivity index (χ1v) is 7.41. The number of sulfonamides is 1. The van der Waals surface area contributed by atoms with Gasteiger partial charge in [-0.2, -0.15) is 0 Å². The van der Waals surface area contributed by atoms with Gasteiger partial charge in [-0.3, -0.25) is 0 Å². The largest absolute Gasteiger partial charge is 0.325 e. The summed E-state index contributed by atoms with van der Waals surface area (Å²) >= 11 is 0. The number of hydrogen-bond acceptors (Lipinski definition) is 5. The number of aromatic nitrogens is 3. The average molecular weight is 259 g/mol. The molecule has 1 aromatic rings. The van der Waals surface area contributed by atoms with Crippen molar-refractivity contribution < 1.29 is 8.42 Å². The lowest BCUT2D eigenvalue weighted by Gasteiger charge is -2.29. The minimum atomic E-state index is -3.06. The Morgan fingerprint density at radius 3 is 2.59 bits per heavy atom. The van der Waals surface area contributed by atoms with Crippen molar-refractivity contribution in [1.29, 1.82) is 0 Å². The second-order valence-corrected chi connectivity index (χ2v) is 6.27. The van der Waals surface area contributed by atoms with Crippen molar-refractivity contribution in [3.05, 3.63) is 11.9 Å². The molecule has 2 rings (SSSR count). The van der Waals surface area contributed by atoms with Crippen molar-refractivity contribution in [2.75, 3.05) is 19.3 Å². The first kappa shape index (κ1) is 12.5. The normalized spacial score (nSPS) is 19.6. The third-order valence-electron chi connectivity index (χ3n) is 3.03. The Balaban J connectivity index is 1.99. The molecule has 0 unspecified atom stereocenters. The van der Waals surface area contributed by atoms with E-state index in [0.717, 1.165) is 18.5 Å². The highest BCUT2D eigenvalue weighted by molar-refractivity contribution is 7.88. The zero-order valence-electron chi connectivity index (χ0n) is 9.78. The van der Waals surface area contributed by atoms with Gasteiger partial charge in [-0.15, -0.1) is 5.10 Å². The molecular weight excluding hydrogens is 242 g/mol. The zero-order valence-corrected chi connectivity index (χ0v) is 10.6. The maximum Gasteiger partial charge on any atom is 0.211 e. The molecule has 17 heavy (non-hydrogen) atoms. The van der Waals surface area contributed by atoms with Gasteiger partial charge in [0.05, 0.1) is 24.2 Å². The van der Waals surface area contributed by atoms with Gasteiger partial charge < -0.3 is 5.73 Å². The fourth-order valence-electron chi connectivity index (χ4n) is 2.02. The summed E-state index contributed by atoms with van der Waals surface area (Å²) in [5, 5.41) is 7.95. The van der Waals surface area contributed by atoms with Crippen molar-refractivity contribution in [2.45, 2.75) is 25.4 Å². The zero-order chi connectivity index (χ0) is 12.5. The maximum absolute atomic E-state index is 11.4. The van der Waals surface area contributed by atoms with Crippen LogP contribution in [0, 0.1) is 0 Å². The molecule has 1 aliphatic rings. The summed E-state index contributed by atoms with van der Waals surface area (Å²) < 4.78 is 26.0. The molecule has 0 aromatic carbocycles. The van der Waals surface area contributed by atoms with Gasteiger partial charge in [0, 0.05) is 19.6 Å². The van der Waals surface area contributed by atoms with Gasteiger partial charge in [0.1, 0.15) is 0 Å². The highest BCUT2D eigenvalue weighted by Gasteiger charge is 2.26. The predicted octanol–water partition coefficient (Wildman–Crippen LogP) is -0.667. The predicted molar refractivity (Wildman–Crippen MR) is 62.6 cm³/mol. The van der Waals surface area contributed by atoms with E-state index >= 15 is 0 Å². The molecule has 2 heterocycles.